The zero-order valence-electron chi connectivity index (χ0n) is 13.6. The molecule has 1 N–H and O–H groups in total. The molecule has 0 aliphatic heterocycles. The topological polar surface area (TPSA) is 81.2 Å². The van der Waals surface area contributed by atoms with Crippen molar-refractivity contribution in [1.29, 1.82) is 0 Å². The van der Waals surface area contributed by atoms with Crippen LogP contribution in [0.2, 0.25) is 5.02 Å². The molecule has 8 heteroatoms. The van der Waals surface area contributed by atoms with E-state index in [1.165, 1.54) is 6.92 Å². The van der Waals surface area contributed by atoms with Gasteiger partial charge in [-0.1, -0.05) is 11.6 Å². The number of aromatic amines is 1. The van der Waals surface area contributed by atoms with Crippen LogP contribution < -0.4 is 11.2 Å². The van der Waals surface area contributed by atoms with Gasteiger partial charge in [0.05, 0.1) is 22.4 Å². The highest BCUT2D eigenvalue weighted by molar-refractivity contribution is 6.33. The van der Waals surface area contributed by atoms with Crippen molar-refractivity contribution in [2.75, 3.05) is 0 Å². The zero-order valence-corrected chi connectivity index (χ0v) is 14.3. The van der Waals surface area contributed by atoms with E-state index in [9.17, 15) is 18.8 Å². The van der Waals surface area contributed by atoms with E-state index < -0.39 is 29.1 Å². The van der Waals surface area contributed by atoms with Gasteiger partial charge in [-0.2, -0.15) is 0 Å². The van der Waals surface area contributed by atoms with Gasteiger partial charge in [0, 0.05) is 11.3 Å². The van der Waals surface area contributed by atoms with E-state index >= 15 is 0 Å². The molecule has 0 bridgehead atoms. The molecule has 0 radical (unpaired) electrons. The summed E-state index contributed by atoms with van der Waals surface area (Å²) in [5.74, 6) is -1.68. The van der Waals surface area contributed by atoms with Crippen LogP contribution in [0.25, 0.3) is 5.69 Å². The number of aromatic nitrogens is 2. The summed E-state index contributed by atoms with van der Waals surface area (Å²) >= 11 is 5.89. The average Bonchev–Trinajstić information content (AvgIpc) is 2.46. The summed E-state index contributed by atoms with van der Waals surface area (Å²) in [5.41, 5.74) is -1.35. The molecule has 0 amide bonds. The number of carbonyl (C=O) groups excluding carboxylic acids is 1. The summed E-state index contributed by atoms with van der Waals surface area (Å²) in [6, 6.07) is 1.91. The Morgan fingerprint density at radius 1 is 1.29 bits per heavy atom. The Balaban J connectivity index is 2.74. The van der Waals surface area contributed by atoms with Crippen molar-refractivity contribution in [2.45, 2.75) is 33.8 Å². The first-order chi connectivity index (χ1) is 11.1. The standard InChI is InChI=1S/C16H16ClFN2O4/c1-7(2)24-15(22)10-5-13(12(18)6-11(10)17)20-14(21)8(3)9(4)19-16(20)23/h5-7H,1-4H3,(H,19,23). The average molecular weight is 355 g/mol. The molecule has 6 nitrogen and oxygen atoms in total. The molecular weight excluding hydrogens is 339 g/mol. The number of halogens is 2. The second-order valence-corrected chi connectivity index (χ2v) is 5.97. The molecule has 0 atom stereocenters. The molecule has 0 aliphatic carbocycles. The van der Waals surface area contributed by atoms with Crippen LogP contribution >= 0.6 is 11.6 Å². The quantitative estimate of drug-likeness (QED) is 0.859. The number of H-pyrrole nitrogens is 1. The molecule has 0 saturated heterocycles. The van der Waals surface area contributed by atoms with Gasteiger partial charge in [-0.3, -0.25) is 4.79 Å². The van der Waals surface area contributed by atoms with Gasteiger partial charge >= 0.3 is 11.7 Å². The van der Waals surface area contributed by atoms with E-state index in [2.05, 4.69) is 4.98 Å². The molecule has 0 unspecified atom stereocenters. The molecule has 1 heterocycles. The van der Waals surface area contributed by atoms with Gasteiger partial charge in [-0.15, -0.1) is 0 Å². The van der Waals surface area contributed by atoms with Crippen LogP contribution in [0.4, 0.5) is 4.39 Å². The Morgan fingerprint density at radius 2 is 1.92 bits per heavy atom. The highest BCUT2D eigenvalue weighted by Crippen LogP contribution is 2.23. The van der Waals surface area contributed by atoms with E-state index in [0.717, 1.165) is 12.1 Å². The Bertz CT molecular complexity index is 931. The minimum Gasteiger partial charge on any atom is -0.459 e. The minimum atomic E-state index is -0.906. The van der Waals surface area contributed by atoms with Crippen LogP contribution in [0, 0.1) is 19.7 Å². The van der Waals surface area contributed by atoms with E-state index in [0.29, 0.717) is 10.3 Å². The van der Waals surface area contributed by atoms with Crippen LogP contribution in [0.3, 0.4) is 0 Å². The third kappa shape index (κ3) is 3.26. The van der Waals surface area contributed by atoms with Crippen molar-refractivity contribution in [3.05, 3.63) is 60.6 Å². The number of ether oxygens (including phenoxy) is 1. The molecular formula is C16H16ClFN2O4. The fourth-order valence-electron chi connectivity index (χ4n) is 2.09. The maximum atomic E-state index is 14.3. The SMILES string of the molecule is Cc1[nH]c(=O)n(-c2cc(C(=O)OC(C)C)c(Cl)cc2F)c(=O)c1C. The third-order valence-electron chi connectivity index (χ3n) is 3.42. The highest BCUT2D eigenvalue weighted by atomic mass is 35.5. The lowest BCUT2D eigenvalue weighted by atomic mass is 10.1. The van der Waals surface area contributed by atoms with Crippen molar-refractivity contribution in [2.24, 2.45) is 0 Å². The minimum absolute atomic E-state index is 0.133. The smallest absolute Gasteiger partial charge is 0.339 e. The molecule has 1 aromatic heterocycles. The fourth-order valence-corrected chi connectivity index (χ4v) is 2.32. The largest absolute Gasteiger partial charge is 0.459 e. The second-order valence-electron chi connectivity index (χ2n) is 5.56. The lowest BCUT2D eigenvalue weighted by Gasteiger charge is -2.13. The first-order valence-corrected chi connectivity index (χ1v) is 7.54. The fraction of sp³-hybridized carbons (Fsp3) is 0.312. The van der Waals surface area contributed by atoms with Gasteiger partial charge in [0.25, 0.3) is 5.56 Å². The molecule has 0 saturated carbocycles. The molecule has 0 aliphatic rings. The molecule has 2 rings (SSSR count). The van der Waals surface area contributed by atoms with Gasteiger partial charge < -0.3 is 9.72 Å². The van der Waals surface area contributed by atoms with E-state index in [1.54, 1.807) is 20.8 Å². The highest BCUT2D eigenvalue weighted by Gasteiger charge is 2.20. The number of nitrogens with one attached hydrogen (secondary N) is 1. The Labute approximate surface area is 141 Å². The van der Waals surface area contributed by atoms with E-state index in [-0.39, 0.29) is 21.8 Å². The van der Waals surface area contributed by atoms with Crippen molar-refractivity contribution >= 4 is 17.6 Å². The predicted molar refractivity (Wildman–Crippen MR) is 87.7 cm³/mol. The number of nitrogens with zero attached hydrogens (tertiary/aromatic N) is 1. The first-order valence-electron chi connectivity index (χ1n) is 7.16. The van der Waals surface area contributed by atoms with Gasteiger partial charge in [-0.25, -0.2) is 18.5 Å². The monoisotopic (exact) mass is 354 g/mol. The Morgan fingerprint density at radius 3 is 2.50 bits per heavy atom. The first kappa shape index (κ1) is 17.9. The summed E-state index contributed by atoms with van der Waals surface area (Å²) in [6.45, 7) is 6.36. The van der Waals surface area contributed by atoms with Crippen molar-refractivity contribution in [3.63, 3.8) is 0 Å². The van der Waals surface area contributed by atoms with Crippen LogP contribution in [0.5, 0.6) is 0 Å². The third-order valence-corrected chi connectivity index (χ3v) is 3.74. The summed E-state index contributed by atoms with van der Waals surface area (Å²) < 4.78 is 19.9. The lowest BCUT2D eigenvalue weighted by molar-refractivity contribution is 0.0378. The summed E-state index contributed by atoms with van der Waals surface area (Å²) in [5, 5.41) is -0.171. The zero-order chi connectivity index (χ0) is 18.2. The predicted octanol–water partition coefficient (Wildman–Crippen LogP) is 2.50. The molecule has 1 aromatic carbocycles. The maximum absolute atomic E-state index is 14.3. The lowest BCUT2D eigenvalue weighted by Crippen LogP contribution is -2.36. The number of hydrogen-bond donors (Lipinski definition) is 1. The number of esters is 1. The molecule has 0 fully saturated rings. The molecule has 128 valence electrons. The van der Waals surface area contributed by atoms with Crippen molar-refractivity contribution in [3.8, 4) is 5.69 Å². The molecule has 0 spiro atoms. The normalized spacial score (nSPS) is 11.0. The molecule has 2 aromatic rings. The van der Waals surface area contributed by atoms with Crippen LogP contribution in [0.1, 0.15) is 35.5 Å². The van der Waals surface area contributed by atoms with Crippen molar-refractivity contribution < 1.29 is 13.9 Å². The summed E-state index contributed by atoms with van der Waals surface area (Å²) in [6.07, 6.45) is -0.408. The summed E-state index contributed by atoms with van der Waals surface area (Å²) in [4.78, 5) is 39.0. The van der Waals surface area contributed by atoms with Crippen LogP contribution in [-0.2, 0) is 4.74 Å². The Hall–Kier alpha value is -2.41. The molecule has 24 heavy (non-hydrogen) atoms. The van der Waals surface area contributed by atoms with E-state index in [4.69, 9.17) is 16.3 Å². The number of benzene rings is 1. The van der Waals surface area contributed by atoms with Crippen LogP contribution in [0.15, 0.2) is 21.7 Å². The maximum Gasteiger partial charge on any atom is 0.339 e. The van der Waals surface area contributed by atoms with Gasteiger partial charge in [-0.05, 0) is 39.8 Å². The van der Waals surface area contributed by atoms with E-state index in [1.807, 2.05) is 0 Å². The number of aryl methyl sites for hydroxylation is 1. The van der Waals surface area contributed by atoms with Gasteiger partial charge in [0.2, 0.25) is 0 Å². The van der Waals surface area contributed by atoms with Gasteiger partial charge in [0.1, 0.15) is 5.82 Å². The number of carbonyl (C=O) groups is 1. The van der Waals surface area contributed by atoms with Crippen LogP contribution in [-0.4, -0.2) is 21.6 Å². The van der Waals surface area contributed by atoms with Crippen molar-refractivity contribution in [1.82, 2.24) is 9.55 Å². The second kappa shape index (κ2) is 6.60. The summed E-state index contributed by atoms with van der Waals surface area (Å²) in [7, 11) is 0. The number of rotatable bonds is 3. The Kier molecular flexibility index (Phi) is 4.94. The number of hydrogen-bond acceptors (Lipinski definition) is 4. The van der Waals surface area contributed by atoms with Gasteiger partial charge in [0.15, 0.2) is 0 Å².